The van der Waals surface area contributed by atoms with Crippen molar-refractivity contribution in [2.24, 2.45) is 11.3 Å². The van der Waals surface area contributed by atoms with Crippen LogP contribution in [0.3, 0.4) is 0 Å². The van der Waals surface area contributed by atoms with E-state index >= 15 is 0 Å². The lowest BCUT2D eigenvalue weighted by molar-refractivity contribution is -0.143. The lowest BCUT2D eigenvalue weighted by atomic mass is 9.78. The Bertz CT molecular complexity index is 1200. The summed E-state index contributed by atoms with van der Waals surface area (Å²) in [4.78, 5) is 33.2. The molecule has 5 aliphatic rings. The predicted octanol–water partition coefficient (Wildman–Crippen LogP) is 2.53. The summed E-state index contributed by atoms with van der Waals surface area (Å²) in [5, 5.41) is 3.73. The third kappa shape index (κ3) is 6.57. The molecule has 1 aromatic carbocycles. The Hall–Kier alpha value is -2.45. The molecule has 1 aromatic rings. The number of carbonyl (C=O) groups is 2. The minimum Gasteiger partial charge on any atom is -0.448 e. The van der Waals surface area contributed by atoms with Crippen LogP contribution in [0.5, 0.6) is 0 Å². The Morgan fingerprint density at radius 2 is 1.91 bits per heavy atom. The molecule has 0 bridgehead atoms. The smallest absolute Gasteiger partial charge is 0.416 e. The number of ether oxygens (including phenoxy) is 4. The molecule has 3 saturated heterocycles. The van der Waals surface area contributed by atoms with Gasteiger partial charge in [0.25, 0.3) is 0 Å². The molecule has 0 aromatic heterocycles. The van der Waals surface area contributed by atoms with E-state index in [-0.39, 0.29) is 49.7 Å². The zero-order valence-electron chi connectivity index (χ0n) is 25.3. The topological polar surface area (TPSA) is 92.8 Å². The number of morpholine rings is 1. The van der Waals surface area contributed by atoms with Crippen LogP contribution in [-0.2, 0) is 42.9 Å². The summed E-state index contributed by atoms with van der Waals surface area (Å²) in [7, 11) is 1.67. The zero-order chi connectivity index (χ0) is 30.9. The van der Waals surface area contributed by atoms with E-state index in [0.29, 0.717) is 70.9 Å². The highest BCUT2D eigenvalue weighted by atomic mass is 19.4. The van der Waals surface area contributed by atoms with Crippen molar-refractivity contribution in [1.29, 1.82) is 0 Å². The number of hydrogen-bond acceptors (Lipinski definition) is 8. The number of rotatable bonds is 7. The Balaban J connectivity index is 1.17. The van der Waals surface area contributed by atoms with Crippen LogP contribution in [-0.4, -0.2) is 124 Å². The molecule has 1 N–H and O–H groups in total. The first-order valence-electron chi connectivity index (χ1n) is 15.7. The maximum atomic E-state index is 14.5. The van der Waals surface area contributed by atoms with Crippen LogP contribution in [0.4, 0.5) is 18.0 Å². The normalized spacial score (nSPS) is 31.1. The standard InChI is InChI=1S/C31H43F3N4O6/c1-41-27-19-43-10-5-26(27)35-25-15-24-18-38(29(40)44-13-9-36-7-11-42-12-8-36)20-30(24,16-25)28(39)37-6-4-21-2-3-23(31(32,33)34)14-22(21)17-37/h2-3,14,24-27,35H,4-13,15-20H2,1H3/t24-,25+,26?,27?,30-/m0/s1. The van der Waals surface area contributed by atoms with Crippen molar-refractivity contribution in [3.8, 4) is 0 Å². The predicted molar refractivity (Wildman–Crippen MR) is 153 cm³/mol. The number of hydrogen-bond donors (Lipinski definition) is 1. The van der Waals surface area contributed by atoms with E-state index in [1.165, 1.54) is 12.1 Å². The number of likely N-dealkylation sites (tertiary alicyclic amines) is 1. The highest BCUT2D eigenvalue weighted by Crippen LogP contribution is 2.51. The SMILES string of the molecule is COC1COCCC1N[C@@H]1C[C@H]2CN(C(=O)OCCN3CCOCC3)C[C@@]2(C(=O)N2CCc3ccc(C(F)(F)F)cc3C2)C1. The second kappa shape index (κ2) is 13.1. The summed E-state index contributed by atoms with van der Waals surface area (Å²) in [5.41, 5.74) is -0.178. The van der Waals surface area contributed by atoms with Gasteiger partial charge in [0.15, 0.2) is 0 Å². The molecule has 6 rings (SSSR count). The lowest BCUT2D eigenvalue weighted by Gasteiger charge is -2.38. The van der Waals surface area contributed by atoms with Crippen molar-refractivity contribution in [2.75, 3.05) is 79.4 Å². The number of amides is 2. The third-order valence-electron chi connectivity index (χ3n) is 10.2. The Kier molecular flexibility index (Phi) is 9.40. The van der Waals surface area contributed by atoms with Gasteiger partial charge in [0.1, 0.15) is 6.61 Å². The van der Waals surface area contributed by atoms with Gasteiger partial charge in [-0.15, -0.1) is 0 Å². The van der Waals surface area contributed by atoms with Gasteiger partial charge in [-0.2, -0.15) is 13.2 Å². The van der Waals surface area contributed by atoms with Gasteiger partial charge >= 0.3 is 12.3 Å². The zero-order valence-corrected chi connectivity index (χ0v) is 25.3. The van der Waals surface area contributed by atoms with Gasteiger partial charge in [-0.05, 0) is 54.9 Å². The molecule has 13 heteroatoms. The van der Waals surface area contributed by atoms with E-state index in [4.69, 9.17) is 18.9 Å². The molecule has 1 saturated carbocycles. The van der Waals surface area contributed by atoms with Crippen molar-refractivity contribution in [3.63, 3.8) is 0 Å². The molecule has 1 aliphatic carbocycles. The monoisotopic (exact) mass is 624 g/mol. The second-order valence-corrected chi connectivity index (χ2v) is 12.8. The van der Waals surface area contributed by atoms with Crippen molar-refractivity contribution in [3.05, 3.63) is 34.9 Å². The van der Waals surface area contributed by atoms with E-state index < -0.39 is 23.2 Å². The van der Waals surface area contributed by atoms with E-state index in [9.17, 15) is 22.8 Å². The van der Waals surface area contributed by atoms with Gasteiger partial charge < -0.3 is 34.1 Å². The number of methoxy groups -OCH3 is 1. The van der Waals surface area contributed by atoms with Crippen LogP contribution >= 0.6 is 0 Å². The first kappa shape index (κ1) is 31.5. The van der Waals surface area contributed by atoms with Gasteiger partial charge in [0.2, 0.25) is 5.91 Å². The fourth-order valence-corrected chi connectivity index (χ4v) is 7.81. The van der Waals surface area contributed by atoms with Crippen molar-refractivity contribution in [2.45, 2.75) is 56.6 Å². The highest BCUT2D eigenvalue weighted by Gasteiger charge is 2.60. The number of fused-ring (bicyclic) bond motifs is 2. The largest absolute Gasteiger partial charge is 0.448 e. The van der Waals surface area contributed by atoms with Crippen molar-refractivity contribution >= 4 is 12.0 Å². The van der Waals surface area contributed by atoms with Crippen LogP contribution in [0.25, 0.3) is 0 Å². The van der Waals surface area contributed by atoms with Crippen LogP contribution in [0.15, 0.2) is 18.2 Å². The first-order valence-corrected chi connectivity index (χ1v) is 15.7. The summed E-state index contributed by atoms with van der Waals surface area (Å²) in [6, 6.07) is 3.94. The van der Waals surface area contributed by atoms with Crippen molar-refractivity contribution < 1.29 is 41.7 Å². The summed E-state index contributed by atoms with van der Waals surface area (Å²) in [6.45, 7) is 6.16. The molecule has 2 amide bonds. The Morgan fingerprint density at radius 3 is 2.68 bits per heavy atom. The Morgan fingerprint density at radius 1 is 1.09 bits per heavy atom. The van der Waals surface area contributed by atoms with Gasteiger partial charge in [-0.3, -0.25) is 9.69 Å². The maximum absolute atomic E-state index is 14.5. The number of alkyl halides is 3. The molecule has 4 heterocycles. The fourth-order valence-electron chi connectivity index (χ4n) is 7.81. The number of nitrogens with zero attached hydrogens (tertiary/aromatic N) is 3. The molecule has 244 valence electrons. The van der Waals surface area contributed by atoms with E-state index in [0.717, 1.165) is 31.1 Å². The summed E-state index contributed by atoms with van der Waals surface area (Å²) >= 11 is 0. The molecule has 0 spiro atoms. The number of nitrogens with one attached hydrogen (secondary N) is 1. The van der Waals surface area contributed by atoms with Crippen LogP contribution < -0.4 is 5.32 Å². The number of carbonyl (C=O) groups excluding carboxylic acids is 2. The molecular formula is C31H43F3N4O6. The molecule has 4 fully saturated rings. The van der Waals surface area contributed by atoms with E-state index in [1.54, 1.807) is 16.9 Å². The quantitative estimate of drug-likeness (QED) is 0.495. The average molecular weight is 625 g/mol. The van der Waals surface area contributed by atoms with Gasteiger partial charge in [0, 0.05) is 71.6 Å². The molecule has 2 unspecified atom stereocenters. The summed E-state index contributed by atoms with van der Waals surface area (Å²) < 4.78 is 62.7. The van der Waals surface area contributed by atoms with Crippen molar-refractivity contribution in [1.82, 2.24) is 20.0 Å². The second-order valence-electron chi connectivity index (χ2n) is 12.8. The lowest BCUT2D eigenvalue weighted by Crippen LogP contribution is -2.52. The first-order chi connectivity index (χ1) is 21.2. The fraction of sp³-hybridized carbons (Fsp3) is 0.742. The molecule has 44 heavy (non-hydrogen) atoms. The molecule has 10 nitrogen and oxygen atoms in total. The van der Waals surface area contributed by atoms with Gasteiger partial charge in [0.05, 0.1) is 36.9 Å². The number of halogens is 3. The Labute approximate surface area is 256 Å². The van der Waals surface area contributed by atoms with Gasteiger partial charge in [-0.1, -0.05) is 6.07 Å². The number of benzene rings is 1. The highest BCUT2D eigenvalue weighted by molar-refractivity contribution is 5.86. The molecular weight excluding hydrogens is 581 g/mol. The van der Waals surface area contributed by atoms with E-state index in [1.807, 2.05) is 0 Å². The minimum absolute atomic E-state index is 0.0399. The third-order valence-corrected chi connectivity index (χ3v) is 10.2. The average Bonchev–Trinajstić information content (AvgIpc) is 3.55. The van der Waals surface area contributed by atoms with Crippen LogP contribution in [0.1, 0.15) is 36.0 Å². The van der Waals surface area contributed by atoms with Crippen LogP contribution in [0, 0.1) is 11.3 Å². The molecule has 0 radical (unpaired) electrons. The molecule has 5 atom stereocenters. The molecule has 4 aliphatic heterocycles. The van der Waals surface area contributed by atoms with Crippen LogP contribution in [0.2, 0.25) is 0 Å². The van der Waals surface area contributed by atoms with Gasteiger partial charge in [-0.25, -0.2) is 4.79 Å². The summed E-state index contributed by atoms with van der Waals surface area (Å²) in [6.07, 6.45) is -2.43. The summed E-state index contributed by atoms with van der Waals surface area (Å²) in [5.74, 6) is -0.184. The minimum atomic E-state index is -4.45. The van der Waals surface area contributed by atoms with E-state index in [2.05, 4.69) is 10.2 Å². The maximum Gasteiger partial charge on any atom is 0.416 e.